The van der Waals surface area contributed by atoms with E-state index in [-0.39, 0.29) is 5.91 Å². The van der Waals surface area contributed by atoms with E-state index in [2.05, 4.69) is 25.9 Å². The summed E-state index contributed by atoms with van der Waals surface area (Å²) in [6.07, 6.45) is 6.12. The molecule has 5 rings (SSSR count). The molecule has 1 amide bonds. The number of benzene rings is 2. The van der Waals surface area contributed by atoms with Crippen molar-refractivity contribution in [1.82, 2.24) is 24.8 Å². The van der Waals surface area contributed by atoms with Crippen molar-refractivity contribution < 1.29 is 4.79 Å². The SMILES string of the molecule is O=C(NCCCn1cnc2ccccc21)c1cc(-c2ccncc2)nc2ccccc12. The summed E-state index contributed by atoms with van der Waals surface area (Å²) < 4.78 is 2.12. The third-order valence-electron chi connectivity index (χ3n) is 5.33. The Labute approximate surface area is 179 Å². The standard InChI is InChI=1S/C25H21N5O/c31-25(27-12-5-15-30-17-28-22-8-3-4-9-24(22)30)20-16-23(18-10-13-26-14-11-18)29-21-7-2-1-6-19(20)21/h1-4,6-11,13-14,16-17H,5,12,15H2,(H,27,31). The molecule has 2 aromatic carbocycles. The summed E-state index contributed by atoms with van der Waals surface area (Å²) in [5.74, 6) is -0.0932. The van der Waals surface area contributed by atoms with Gasteiger partial charge in [-0.3, -0.25) is 9.78 Å². The topological polar surface area (TPSA) is 72.7 Å². The van der Waals surface area contributed by atoms with E-state index in [1.54, 1.807) is 12.4 Å². The summed E-state index contributed by atoms with van der Waals surface area (Å²) >= 11 is 0. The minimum absolute atomic E-state index is 0.0932. The normalized spacial score (nSPS) is 11.1. The average molecular weight is 407 g/mol. The fraction of sp³-hybridized carbons (Fsp3) is 0.120. The van der Waals surface area contributed by atoms with Gasteiger partial charge in [0.25, 0.3) is 5.91 Å². The summed E-state index contributed by atoms with van der Waals surface area (Å²) in [6, 6.07) is 21.4. The maximum atomic E-state index is 13.0. The molecule has 152 valence electrons. The second kappa shape index (κ2) is 8.36. The van der Waals surface area contributed by atoms with Crippen molar-refractivity contribution in [3.05, 3.63) is 91.0 Å². The number of aryl methyl sites for hydroxylation is 1. The Morgan fingerprint density at radius 2 is 1.71 bits per heavy atom. The van der Waals surface area contributed by atoms with Gasteiger partial charge in [-0.25, -0.2) is 9.97 Å². The molecule has 0 aliphatic heterocycles. The number of carbonyl (C=O) groups excluding carboxylic acids is 1. The number of pyridine rings is 2. The number of carbonyl (C=O) groups is 1. The molecule has 0 aliphatic rings. The zero-order valence-corrected chi connectivity index (χ0v) is 16.9. The molecule has 0 saturated heterocycles. The second-order valence-corrected chi connectivity index (χ2v) is 7.34. The Bertz CT molecular complexity index is 1360. The third-order valence-corrected chi connectivity index (χ3v) is 5.33. The number of aromatic nitrogens is 4. The van der Waals surface area contributed by atoms with Crippen molar-refractivity contribution in [3.8, 4) is 11.3 Å². The van der Waals surface area contributed by atoms with E-state index < -0.39 is 0 Å². The largest absolute Gasteiger partial charge is 0.352 e. The van der Waals surface area contributed by atoms with Crippen LogP contribution in [0.1, 0.15) is 16.8 Å². The van der Waals surface area contributed by atoms with Gasteiger partial charge < -0.3 is 9.88 Å². The molecule has 0 spiro atoms. The number of para-hydroxylation sites is 3. The van der Waals surface area contributed by atoms with Crippen molar-refractivity contribution >= 4 is 27.8 Å². The number of rotatable bonds is 6. The lowest BCUT2D eigenvalue weighted by Gasteiger charge is -2.11. The van der Waals surface area contributed by atoms with Gasteiger partial charge >= 0.3 is 0 Å². The Morgan fingerprint density at radius 1 is 0.935 bits per heavy atom. The molecule has 5 aromatic rings. The van der Waals surface area contributed by atoms with Gasteiger partial charge in [0.2, 0.25) is 0 Å². The van der Waals surface area contributed by atoms with E-state index in [9.17, 15) is 4.79 Å². The van der Waals surface area contributed by atoms with Crippen LogP contribution in [0.4, 0.5) is 0 Å². The number of imidazole rings is 1. The van der Waals surface area contributed by atoms with Crippen LogP contribution in [0, 0.1) is 0 Å². The highest BCUT2D eigenvalue weighted by atomic mass is 16.1. The number of fused-ring (bicyclic) bond motifs is 2. The lowest BCUT2D eigenvalue weighted by molar-refractivity contribution is 0.0954. The van der Waals surface area contributed by atoms with Crippen LogP contribution in [0.5, 0.6) is 0 Å². The first kappa shape index (κ1) is 18.9. The van der Waals surface area contributed by atoms with Gasteiger partial charge in [-0.2, -0.15) is 0 Å². The predicted octanol–water partition coefficient (Wildman–Crippen LogP) is 4.47. The first-order chi connectivity index (χ1) is 15.3. The molecule has 3 heterocycles. The maximum absolute atomic E-state index is 13.0. The Kier molecular flexibility index (Phi) is 5.10. The molecule has 3 aromatic heterocycles. The average Bonchev–Trinajstić information content (AvgIpc) is 3.24. The first-order valence-corrected chi connectivity index (χ1v) is 10.3. The quantitative estimate of drug-likeness (QED) is 0.422. The lowest BCUT2D eigenvalue weighted by Crippen LogP contribution is -2.25. The molecule has 6 heteroatoms. The molecule has 0 bridgehead atoms. The molecule has 6 nitrogen and oxygen atoms in total. The summed E-state index contributed by atoms with van der Waals surface area (Å²) in [6.45, 7) is 1.37. The highest BCUT2D eigenvalue weighted by Crippen LogP contribution is 2.24. The number of amides is 1. The summed E-state index contributed by atoms with van der Waals surface area (Å²) in [5, 5.41) is 3.91. The van der Waals surface area contributed by atoms with E-state index in [1.165, 1.54) is 0 Å². The monoisotopic (exact) mass is 407 g/mol. The van der Waals surface area contributed by atoms with Gasteiger partial charge in [0.1, 0.15) is 0 Å². The fourth-order valence-corrected chi connectivity index (χ4v) is 3.77. The van der Waals surface area contributed by atoms with E-state index in [1.807, 2.05) is 67.0 Å². The van der Waals surface area contributed by atoms with Gasteiger partial charge in [0.15, 0.2) is 0 Å². The molecular weight excluding hydrogens is 386 g/mol. The first-order valence-electron chi connectivity index (χ1n) is 10.3. The van der Waals surface area contributed by atoms with Crippen LogP contribution in [0.3, 0.4) is 0 Å². The highest BCUT2D eigenvalue weighted by molar-refractivity contribution is 6.07. The number of hydrogen-bond acceptors (Lipinski definition) is 4. The van der Waals surface area contributed by atoms with Crippen LogP contribution in [0.2, 0.25) is 0 Å². The number of nitrogens with zero attached hydrogens (tertiary/aromatic N) is 4. The summed E-state index contributed by atoms with van der Waals surface area (Å²) in [7, 11) is 0. The van der Waals surface area contributed by atoms with Crippen LogP contribution in [-0.2, 0) is 6.54 Å². The van der Waals surface area contributed by atoms with Crippen LogP contribution < -0.4 is 5.32 Å². The van der Waals surface area contributed by atoms with Crippen LogP contribution in [0.25, 0.3) is 33.2 Å². The molecule has 0 saturated carbocycles. The van der Waals surface area contributed by atoms with Crippen LogP contribution >= 0.6 is 0 Å². The van der Waals surface area contributed by atoms with Gasteiger partial charge in [-0.1, -0.05) is 30.3 Å². The van der Waals surface area contributed by atoms with Gasteiger partial charge in [-0.15, -0.1) is 0 Å². The minimum Gasteiger partial charge on any atom is -0.352 e. The molecule has 0 unspecified atom stereocenters. The third kappa shape index (κ3) is 3.88. The van der Waals surface area contributed by atoms with Crippen molar-refractivity contribution in [2.45, 2.75) is 13.0 Å². The molecule has 1 N–H and O–H groups in total. The van der Waals surface area contributed by atoms with Crippen molar-refractivity contribution in [2.75, 3.05) is 6.54 Å². The van der Waals surface area contributed by atoms with E-state index in [0.29, 0.717) is 12.1 Å². The van der Waals surface area contributed by atoms with Crippen molar-refractivity contribution in [3.63, 3.8) is 0 Å². The van der Waals surface area contributed by atoms with Gasteiger partial charge in [-0.05, 0) is 42.8 Å². The smallest absolute Gasteiger partial charge is 0.252 e. The maximum Gasteiger partial charge on any atom is 0.252 e. The molecule has 0 fully saturated rings. The lowest BCUT2D eigenvalue weighted by atomic mass is 10.0. The second-order valence-electron chi connectivity index (χ2n) is 7.34. The Balaban J connectivity index is 1.33. The number of hydrogen-bond donors (Lipinski definition) is 1. The molecule has 0 atom stereocenters. The molecule has 0 aliphatic carbocycles. The van der Waals surface area contributed by atoms with E-state index >= 15 is 0 Å². The fourth-order valence-electron chi connectivity index (χ4n) is 3.77. The van der Waals surface area contributed by atoms with Crippen molar-refractivity contribution in [2.24, 2.45) is 0 Å². The zero-order valence-electron chi connectivity index (χ0n) is 16.9. The van der Waals surface area contributed by atoms with Crippen LogP contribution in [-0.4, -0.2) is 32.0 Å². The molecule has 0 radical (unpaired) electrons. The summed E-state index contributed by atoms with van der Waals surface area (Å²) in [5.41, 5.74) is 5.21. The molecular formula is C25H21N5O. The van der Waals surface area contributed by atoms with E-state index in [4.69, 9.17) is 4.98 Å². The zero-order chi connectivity index (χ0) is 21.0. The summed E-state index contributed by atoms with van der Waals surface area (Å²) in [4.78, 5) is 26.3. The Morgan fingerprint density at radius 3 is 2.58 bits per heavy atom. The Hall–Kier alpha value is -4.06. The predicted molar refractivity (Wildman–Crippen MR) is 122 cm³/mol. The highest BCUT2D eigenvalue weighted by Gasteiger charge is 2.13. The van der Waals surface area contributed by atoms with Gasteiger partial charge in [0.05, 0.1) is 34.1 Å². The number of nitrogens with one attached hydrogen (secondary N) is 1. The minimum atomic E-state index is -0.0932. The van der Waals surface area contributed by atoms with Crippen molar-refractivity contribution in [1.29, 1.82) is 0 Å². The van der Waals surface area contributed by atoms with Gasteiger partial charge in [0, 0.05) is 36.4 Å². The molecule has 31 heavy (non-hydrogen) atoms. The van der Waals surface area contributed by atoms with E-state index in [0.717, 1.165) is 46.2 Å². The van der Waals surface area contributed by atoms with Crippen LogP contribution in [0.15, 0.2) is 85.5 Å².